The van der Waals surface area contributed by atoms with Gasteiger partial charge in [0.1, 0.15) is 0 Å². The molecule has 7 nitrogen and oxygen atoms in total. The second-order valence-electron chi connectivity index (χ2n) is 7.45. The van der Waals surface area contributed by atoms with Gasteiger partial charge in [-0.3, -0.25) is 9.59 Å². The van der Waals surface area contributed by atoms with Gasteiger partial charge in [0.25, 0.3) is 11.8 Å². The van der Waals surface area contributed by atoms with Gasteiger partial charge in [0, 0.05) is 37.0 Å². The molecule has 0 spiro atoms. The topological polar surface area (TPSA) is 95.6 Å². The van der Waals surface area contributed by atoms with Crippen LogP contribution in [0.15, 0.2) is 53.4 Å². The molecule has 1 fully saturated rings. The number of nitrogens with one attached hydrogen (secondary N) is 2. The molecule has 8 heteroatoms. The smallest absolute Gasteiger partial charge is 0.255 e. The lowest BCUT2D eigenvalue weighted by Crippen LogP contribution is -2.38. The average molecular weight is 430 g/mol. The molecule has 1 aliphatic carbocycles. The summed E-state index contributed by atoms with van der Waals surface area (Å²) in [6, 6.07) is 12.5. The van der Waals surface area contributed by atoms with Gasteiger partial charge in [-0.1, -0.05) is 25.3 Å². The monoisotopic (exact) mass is 429 g/mol. The summed E-state index contributed by atoms with van der Waals surface area (Å²) >= 11 is 0. The maximum Gasteiger partial charge on any atom is 0.255 e. The van der Waals surface area contributed by atoms with Crippen molar-refractivity contribution in [3.63, 3.8) is 0 Å². The Morgan fingerprint density at radius 3 is 2.23 bits per heavy atom. The van der Waals surface area contributed by atoms with E-state index in [0.29, 0.717) is 16.8 Å². The summed E-state index contributed by atoms with van der Waals surface area (Å²) in [6.45, 7) is 0. The number of carbonyl (C=O) groups is 2. The molecule has 0 heterocycles. The van der Waals surface area contributed by atoms with Gasteiger partial charge in [-0.2, -0.15) is 4.31 Å². The summed E-state index contributed by atoms with van der Waals surface area (Å²) in [4.78, 5) is 24.4. The first-order chi connectivity index (χ1) is 14.3. The number of nitrogens with zero attached hydrogens (tertiary/aromatic N) is 1. The molecule has 0 atom stereocenters. The van der Waals surface area contributed by atoms with Crippen molar-refractivity contribution >= 4 is 27.5 Å². The first kappa shape index (κ1) is 22.0. The van der Waals surface area contributed by atoms with Crippen LogP contribution in [0.5, 0.6) is 0 Å². The number of hydrogen-bond acceptors (Lipinski definition) is 4. The number of amides is 2. The van der Waals surface area contributed by atoms with Crippen LogP contribution in [-0.2, 0) is 10.0 Å². The van der Waals surface area contributed by atoms with E-state index in [2.05, 4.69) is 10.6 Å². The fourth-order valence-electron chi connectivity index (χ4n) is 3.67. The fraction of sp³-hybridized carbons (Fsp3) is 0.364. The van der Waals surface area contributed by atoms with Crippen molar-refractivity contribution in [3.8, 4) is 0 Å². The molecule has 0 unspecified atom stereocenters. The Hall–Kier alpha value is -2.71. The van der Waals surface area contributed by atoms with Crippen LogP contribution in [0.4, 0.5) is 5.69 Å². The van der Waals surface area contributed by atoms with Crippen molar-refractivity contribution in [2.75, 3.05) is 19.4 Å². The molecule has 2 aromatic rings. The number of benzene rings is 2. The van der Waals surface area contributed by atoms with E-state index in [1.807, 2.05) is 0 Å². The molecule has 1 aliphatic rings. The van der Waals surface area contributed by atoms with Crippen LogP contribution in [0.1, 0.15) is 52.8 Å². The van der Waals surface area contributed by atoms with E-state index >= 15 is 0 Å². The van der Waals surface area contributed by atoms with E-state index in [1.54, 1.807) is 31.3 Å². The summed E-state index contributed by atoms with van der Waals surface area (Å²) in [5.74, 6) is -0.628. The fourth-order valence-corrected chi connectivity index (χ4v) is 5.09. The van der Waals surface area contributed by atoms with E-state index in [9.17, 15) is 18.0 Å². The summed E-state index contributed by atoms with van der Waals surface area (Å²) in [5, 5.41) is 5.27. The standard InChI is InChI=1S/C22H27N3O4S/c1-23-21(26)17-7-6-8-18(15-17)24-22(27)16-11-13-20(14-12-16)30(28,29)25(2)19-9-4-3-5-10-19/h6-8,11-15,19H,3-5,9-10H2,1-2H3,(H,23,26)(H,24,27). The van der Waals surface area contributed by atoms with Gasteiger partial charge < -0.3 is 10.6 Å². The lowest BCUT2D eigenvalue weighted by atomic mass is 9.96. The Kier molecular flexibility index (Phi) is 6.89. The number of anilines is 1. The van der Waals surface area contributed by atoms with Crippen LogP contribution in [0, 0.1) is 0 Å². The highest BCUT2D eigenvalue weighted by molar-refractivity contribution is 7.89. The van der Waals surface area contributed by atoms with Gasteiger partial charge in [-0.25, -0.2) is 8.42 Å². The third-order valence-electron chi connectivity index (χ3n) is 5.49. The molecule has 2 amide bonds. The third-order valence-corrected chi connectivity index (χ3v) is 7.42. The van der Waals surface area contributed by atoms with Crippen molar-refractivity contribution < 1.29 is 18.0 Å². The molecular weight excluding hydrogens is 402 g/mol. The molecule has 160 valence electrons. The van der Waals surface area contributed by atoms with E-state index in [-0.39, 0.29) is 22.8 Å². The highest BCUT2D eigenvalue weighted by Gasteiger charge is 2.29. The Morgan fingerprint density at radius 2 is 1.60 bits per heavy atom. The highest BCUT2D eigenvalue weighted by Crippen LogP contribution is 2.26. The predicted molar refractivity (Wildman–Crippen MR) is 116 cm³/mol. The highest BCUT2D eigenvalue weighted by atomic mass is 32.2. The maximum atomic E-state index is 12.9. The molecule has 0 aliphatic heterocycles. The van der Waals surface area contributed by atoms with Gasteiger partial charge in [0.2, 0.25) is 10.0 Å². The summed E-state index contributed by atoms with van der Waals surface area (Å²) in [5.41, 5.74) is 1.25. The first-order valence-electron chi connectivity index (χ1n) is 10.0. The van der Waals surface area contributed by atoms with Crippen LogP contribution in [0.2, 0.25) is 0 Å². The third kappa shape index (κ3) is 4.88. The zero-order valence-corrected chi connectivity index (χ0v) is 18.0. The van der Waals surface area contributed by atoms with Crippen LogP contribution in [-0.4, -0.2) is 44.7 Å². The van der Waals surface area contributed by atoms with Gasteiger partial charge in [-0.15, -0.1) is 0 Å². The second-order valence-corrected chi connectivity index (χ2v) is 9.45. The lowest BCUT2D eigenvalue weighted by molar-refractivity contribution is 0.0961. The molecule has 1 saturated carbocycles. The minimum atomic E-state index is -3.60. The predicted octanol–water partition coefficient (Wildman–Crippen LogP) is 3.25. The van der Waals surface area contributed by atoms with Crippen molar-refractivity contribution in [2.45, 2.75) is 43.0 Å². The van der Waals surface area contributed by atoms with E-state index in [1.165, 1.54) is 35.6 Å². The van der Waals surface area contributed by atoms with E-state index < -0.39 is 10.0 Å². The molecule has 3 rings (SSSR count). The zero-order valence-electron chi connectivity index (χ0n) is 17.2. The molecule has 0 saturated heterocycles. The average Bonchev–Trinajstić information content (AvgIpc) is 2.78. The van der Waals surface area contributed by atoms with Crippen molar-refractivity contribution in [1.82, 2.24) is 9.62 Å². The number of rotatable bonds is 6. The van der Waals surface area contributed by atoms with E-state index in [4.69, 9.17) is 0 Å². The molecule has 0 radical (unpaired) electrons. The minimum Gasteiger partial charge on any atom is -0.355 e. The Labute approximate surface area is 177 Å². The zero-order chi connectivity index (χ0) is 21.7. The Balaban J connectivity index is 1.72. The van der Waals surface area contributed by atoms with Gasteiger partial charge in [0.05, 0.1) is 4.90 Å². The van der Waals surface area contributed by atoms with Crippen LogP contribution in [0.25, 0.3) is 0 Å². The maximum absolute atomic E-state index is 12.9. The molecule has 0 aromatic heterocycles. The molecular formula is C22H27N3O4S. The van der Waals surface area contributed by atoms with Crippen molar-refractivity contribution in [1.29, 1.82) is 0 Å². The van der Waals surface area contributed by atoms with Crippen molar-refractivity contribution in [3.05, 3.63) is 59.7 Å². The molecule has 2 aromatic carbocycles. The quantitative estimate of drug-likeness (QED) is 0.737. The molecule has 30 heavy (non-hydrogen) atoms. The van der Waals surface area contributed by atoms with Crippen LogP contribution >= 0.6 is 0 Å². The first-order valence-corrected chi connectivity index (χ1v) is 11.5. The van der Waals surface area contributed by atoms with Crippen LogP contribution in [0.3, 0.4) is 0 Å². The largest absolute Gasteiger partial charge is 0.355 e. The Bertz CT molecular complexity index is 1010. The summed E-state index contributed by atoms with van der Waals surface area (Å²) in [7, 11) is -0.434. The van der Waals surface area contributed by atoms with Gasteiger partial charge in [-0.05, 0) is 55.3 Å². The number of sulfonamides is 1. The normalized spacial score (nSPS) is 15.0. The SMILES string of the molecule is CNC(=O)c1cccc(NC(=O)c2ccc(S(=O)(=O)N(C)C3CCCCC3)cc2)c1. The van der Waals surface area contributed by atoms with Crippen LogP contribution < -0.4 is 10.6 Å². The number of hydrogen-bond donors (Lipinski definition) is 2. The molecule has 0 bridgehead atoms. The second kappa shape index (κ2) is 9.40. The van der Waals surface area contributed by atoms with E-state index in [0.717, 1.165) is 32.1 Å². The molecule has 2 N–H and O–H groups in total. The van der Waals surface area contributed by atoms with Gasteiger partial charge in [0.15, 0.2) is 0 Å². The summed E-state index contributed by atoms with van der Waals surface area (Å²) in [6.07, 6.45) is 5.01. The van der Waals surface area contributed by atoms with Gasteiger partial charge >= 0.3 is 0 Å². The summed E-state index contributed by atoms with van der Waals surface area (Å²) < 4.78 is 27.3. The van der Waals surface area contributed by atoms with Crippen molar-refractivity contribution in [2.24, 2.45) is 0 Å². The minimum absolute atomic E-state index is 0.0272. The lowest BCUT2D eigenvalue weighted by Gasteiger charge is -2.30. The Morgan fingerprint density at radius 1 is 0.933 bits per heavy atom. The number of carbonyl (C=O) groups excluding carboxylic acids is 2.